The molecule has 5 nitrogen and oxygen atoms in total. The summed E-state index contributed by atoms with van der Waals surface area (Å²) in [6.07, 6.45) is 6.79. The average molecular weight is 349 g/mol. The van der Waals surface area contributed by atoms with Crippen molar-refractivity contribution in [2.45, 2.75) is 18.4 Å². The lowest BCUT2D eigenvalue weighted by molar-refractivity contribution is -0.385. The van der Waals surface area contributed by atoms with Gasteiger partial charge in [-0.3, -0.25) is 10.1 Å². The number of anilines is 1. The smallest absolute Gasteiger partial charge is 0.275 e. The van der Waals surface area contributed by atoms with Crippen LogP contribution in [0.4, 0.5) is 15.8 Å². The van der Waals surface area contributed by atoms with E-state index in [1.165, 1.54) is 12.1 Å². The summed E-state index contributed by atoms with van der Waals surface area (Å²) in [5.74, 6) is -0.502. The van der Waals surface area contributed by atoms with Gasteiger partial charge in [-0.05, 0) is 30.0 Å². The van der Waals surface area contributed by atoms with E-state index in [1.54, 1.807) is 0 Å². The third-order valence-electron chi connectivity index (χ3n) is 5.60. The molecule has 0 saturated heterocycles. The predicted octanol–water partition coefficient (Wildman–Crippen LogP) is 5.04. The van der Waals surface area contributed by atoms with E-state index in [0.717, 1.165) is 22.9 Å². The molecule has 0 spiro atoms. The summed E-state index contributed by atoms with van der Waals surface area (Å²) < 4.78 is 14.6. The summed E-state index contributed by atoms with van der Waals surface area (Å²) in [5, 5.41) is 15.9. The van der Waals surface area contributed by atoms with Crippen LogP contribution in [-0.4, -0.2) is 9.91 Å². The van der Waals surface area contributed by atoms with Crippen molar-refractivity contribution in [3.63, 3.8) is 0 Å². The highest BCUT2D eigenvalue weighted by atomic mass is 19.1. The molecule has 2 aliphatic rings. The van der Waals surface area contributed by atoms with Gasteiger partial charge in [0, 0.05) is 29.1 Å². The summed E-state index contributed by atoms with van der Waals surface area (Å²) >= 11 is 0. The van der Waals surface area contributed by atoms with Gasteiger partial charge in [-0.1, -0.05) is 30.4 Å². The Morgan fingerprint density at radius 2 is 2.04 bits per heavy atom. The van der Waals surface area contributed by atoms with Gasteiger partial charge in [0.2, 0.25) is 0 Å². The van der Waals surface area contributed by atoms with Gasteiger partial charge in [0.1, 0.15) is 5.82 Å². The second-order valence-electron chi connectivity index (χ2n) is 6.88. The minimum atomic E-state index is -0.450. The molecule has 6 heteroatoms. The Labute approximate surface area is 148 Å². The van der Waals surface area contributed by atoms with Crippen LogP contribution >= 0.6 is 0 Å². The molecule has 0 amide bonds. The molecule has 2 heterocycles. The van der Waals surface area contributed by atoms with Crippen molar-refractivity contribution in [2.75, 3.05) is 5.32 Å². The predicted molar refractivity (Wildman–Crippen MR) is 97.7 cm³/mol. The molecule has 2 N–H and O–H groups in total. The lowest BCUT2D eigenvalue weighted by atomic mass is 9.76. The lowest BCUT2D eigenvalue weighted by Crippen LogP contribution is -2.30. The number of aromatic amines is 1. The van der Waals surface area contributed by atoms with Gasteiger partial charge in [0.15, 0.2) is 0 Å². The number of hydrogen-bond donors (Lipinski definition) is 2. The summed E-state index contributed by atoms with van der Waals surface area (Å²) in [6, 6.07) is 10.3. The highest BCUT2D eigenvalue weighted by Crippen LogP contribution is 2.53. The highest BCUT2D eigenvalue weighted by molar-refractivity contribution is 5.84. The van der Waals surface area contributed by atoms with Crippen molar-refractivity contribution in [1.29, 1.82) is 0 Å². The molecule has 1 aliphatic carbocycles. The van der Waals surface area contributed by atoms with Crippen molar-refractivity contribution in [3.8, 4) is 0 Å². The molecule has 0 fully saturated rings. The van der Waals surface area contributed by atoms with Gasteiger partial charge in [0.25, 0.3) is 5.69 Å². The monoisotopic (exact) mass is 349 g/mol. The highest BCUT2D eigenvalue weighted by Gasteiger charge is 2.43. The van der Waals surface area contributed by atoms with E-state index in [4.69, 9.17) is 0 Å². The molecule has 0 saturated carbocycles. The van der Waals surface area contributed by atoms with Gasteiger partial charge < -0.3 is 10.3 Å². The zero-order valence-corrected chi connectivity index (χ0v) is 13.8. The number of H-pyrrole nitrogens is 1. The number of fused-ring (bicyclic) bond motifs is 4. The van der Waals surface area contributed by atoms with Crippen molar-refractivity contribution >= 4 is 22.3 Å². The minimum absolute atomic E-state index is 0.0205. The molecule has 130 valence electrons. The number of rotatable bonds is 2. The van der Waals surface area contributed by atoms with Crippen molar-refractivity contribution in [3.05, 3.63) is 81.8 Å². The van der Waals surface area contributed by atoms with Crippen LogP contribution in [0.3, 0.4) is 0 Å². The normalized spacial score (nSPS) is 23.5. The quantitative estimate of drug-likeness (QED) is 0.387. The molecule has 1 aliphatic heterocycles. The minimum Gasteiger partial charge on any atom is -0.375 e. The molecule has 3 aromatic rings. The second kappa shape index (κ2) is 5.42. The number of benzene rings is 2. The zero-order chi connectivity index (χ0) is 17.8. The Morgan fingerprint density at radius 1 is 1.19 bits per heavy atom. The third-order valence-corrected chi connectivity index (χ3v) is 5.60. The molecule has 5 rings (SSSR count). The average Bonchev–Trinajstić information content (AvgIpc) is 3.28. The Balaban J connectivity index is 1.71. The number of para-hydroxylation sites is 1. The first-order chi connectivity index (χ1) is 12.6. The maximum Gasteiger partial charge on any atom is 0.275 e. The molecule has 3 atom stereocenters. The fourth-order valence-electron chi connectivity index (χ4n) is 4.47. The van der Waals surface area contributed by atoms with Crippen molar-refractivity contribution < 1.29 is 9.31 Å². The first kappa shape index (κ1) is 15.1. The second-order valence-corrected chi connectivity index (χ2v) is 6.88. The number of allylic oxidation sites excluding steroid dienone is 2. The van der Waals surface area contributed by atoms with E-state index in [9.17, 15) is 14.5 Å². The summed E-state index contributed by atoms with van der Waals surface area (Å²) in [7, 11) is 0. The van der Waals surface area contributed by atoms with E-state index in [0.29, 0.717) is 5.56 Å². The molecule has 2 aromatic carbocycles. The number of nitro benzene ring substituents is 1. The SMILES string of the molecule is O=[N+]([O-])c1ccc(F)c2c1C1C=CCC1C(c1c[nH]c3ccccc13)N2. The van der Waals surface area contributed by atoms with Gasteiger partial charge in [-0.2, -0.15) is 0 Å². The number of nitro groups is 1. The van der Waals surface area contributed by atoms with E-state index < -0.39 is 10.7 Å². The van der Waals surface area contributed by atoms with E-state index >= 15 is 0 Å². The lowest BCUT2D eigenvalue weighted by Gasteiger charge is -2.37. The van der Waals surface area contributed by atoms with E-state index in [-0.39, 0.29) is 29.3 Å². The van der Waals surface area contributed by atoms with Gasteiger partial charge in [0.05, 0.1) is 22.2 Å². The van der Waals surface area contributed by atoms with Crippen LogP contribution in [0.15, 0.2) is 54.7 Å². The fraction of sp³-hybridized carbons (Fsp3) is 0.200. The summed E-state index contributed by atoms with van der Waals surface area (Å²) in [4.78, 5) is 14.3. The van der Waals surface area contributed by atoms with Crippen LogP contribution in [-0.2, 0) is 0 Å². The van der Waals surface area contributed by atoms with Gasteiger partial charge in [-0.25, -0.2) is 4.39 Å². The Morgan fingerprint density at radius 3 is 2.88 bits per heavy atom. The fourth-order valence-corrected chi connectivity index (χ4v) is 4.47. The van der Waals surface area contributed by atoms with E-state index in [1.807, 2.05) is 42.6 Å². The Kier molecular flexibility index (Phi) is 3.16. The van der Waals surface area contributed by atoms with Gasteiger partial charge in [-0.15, -0.1) is 0 Å². The first-order valence-corrected chi connectivity index (χ1v) is 8.61. The summed E-state index contributed by atoms with van der Waals surface area (Å²) in [6.45, 7) is 0. The molecule has 26 heavy (non-hydrogen) atoms. The molecule has 3 unspecified atom stereocenters. The molecular formula is C20H16FN3O2. The van der Waals surface area contributed by atoms with Gasteiger partial charge >= 0.3 is 0 Å². The Bertz CT molecular complexity index is 1070. The molecular weight excluding hydrogens is 333 g/mol. The van der Waals surface area contributed by atoms with Crippen LogP contribution in [0.5, 0.6) is 0 Å². The number of nitrogens with zero attached hydrogens (tertiary/aromatic N) is 1. The number of hydrogen-bond acceptors (Lipinski definition) is 3. The molecule has 1 aromatic heterocycles. The largest absolute Gasteiger partial charge is 0.375 e. The first-order valence-electron chi connectivity index (χ1n) is 8.61. The van der Waals surface area contributed by atoms with Crippen LogP contribution in [0.25, 0.3) is 10.9 Å². The molecule has 0 radical (unpaired) electrons. The van der Waals surface area contributed by atoms with E-state index in [2.05, 4.69) is 10.3 Å². The van der Waals surface area contributed by atoms with Crippen LogP contribution < -0.4 is 5.32 Å². The topological polar surface area (TPSA) is 71.0 Å². The maximum absolute atomic E-state index is 14.6. The number of halogens is 1. The number of nitrogens with one attached hydrogen (secondary N) is 2. The van der Waals surface area contributed by atoms with Crippen molar-refractivity contribution in [1.82, 2.24) is 4.98 Å². The Hall–Kier alpha value is -3.15. The number of aromatic nitrogens is 1. The van der Waals surface area contributed by atoms with Crippen molar-refractivity contribution in [2.24, 2.45) is 5.92 Å². The third kappa shape index (κ3) is 2.02. The standard InChI is InChI=1S/C20H16FN3O2/c21-15-8-9-17(24(25)26)18-12-5-3-6-13(12)19(23-20(15)18)14-10-22-16-7-2-1-4-11(14)16/h1-5,7-10,12-13,19,22-23H,6H2. The van der Waals surface area contributed by atoms with Crippen LogP contribution in [0.1, 0.15) is 29.5 Å². The maximum atomic E-state index is 14.6. The summed E-state index contributed by atoms with van der Waals surface area (Å²) in [5.41, 5.74) is 2.79. The molecule has 0 bridgehead atoms. The zero-order valence-electron chi connectivity index (χ0n) is 13.8. The van der Waals surface area contributed by atoms with Crippen LogP contribution in [0.2, 0.25) is 0 Å². The van der Waals surface area contributed by atoms with Crippen LogP contribution in [0, 0.1) is 21.8 Å².